The second kappa shape index (κ2) is 8.04. The number of hydrogen-bond acceptors (Lipinski definition) is 6. The molecule has 4 rings (SSSR count). The molecule has 1 unspecified atom stereocenters. The highest BCUT2D eigenvalue weighted by atomic mass is 32.1. The van der Waals surface area contributed by atoms with Gasteiger partial charge in [0.2, 0.25) is 12.3 Å². The highest BCUT2D eigenvalue weighted by Gasteiger charge is 2.31. The standard InChI is InChI=1S/C19H23N5O2S/c25-14-22-8-10-23(11-9-22)19(26)15-3-1-7-24(13-15)18-6-5-16(20-21-18)17-4-2-12-27-17/h2,4-6,12,14-15H,1,3,7-11,13H2. The van der Waals surface area contributed by atoms with Crippen molar-refractivity contribution in [1.82, 2.24) is 20.0 Å². The molecule has 2 amide bonds. The van der Waals surface area contributed by atoms with E-state index in [0.717, 1.165) is 42.2 Å². The Labute approximate surface area is 162 Å². The van der Waals surface area contributed by atoms with E-state index in [4.69, 9.17) is 0 Å². The fourth-order valence-electron chi connectivity index (χ4n) is 3.74. The summed E-state index contributed by atoms with van der Waals surface area (Å²) in [6, 6.07) is 8.04. The third-order valence-corrected chi connectivity index (χ3v) is 6.19. The molecule has 2 fully saturated rings. The quantitative estimate of drug-likeness (QED) is 0.750. The number of hydrogen-bond donors (Lipinski definition) is 0. The molecule has 2 aromatic heterocycles. The summed E-state index contributed by atoms with van der Waals surface area (Å²) in [6.45, 7) is 4.09. The molecule has 7 nitrogen and oxygen atoms in total. The summed E-state index contributed by atoms with van der Waals surface area (Å²) in [5.74, 6) is 1.02. The monoisotopic (exact) mass is 385 g/mol. The SMILES string of the molecule is O=CN1CCN(C(=O)C2CCCN(c3ccc(-c4cccs4)nn3)C2)CC1. The fourth-order valence-corrected chi connectivity index (χ4v) is 4.43. The van der Waals surface area contributed by atoms with Gasteiger partial charge in [-0.25, -0.2) is 0 Å². The smallest absolute Gasteiger partial charge is 0.227 e. The molecule has 1 atom stereocenters. The Morgan fingerprint density at radius 2 is 1.96 bits per heavy atom. The predicted octanol–water partition coefficient (Wildman–Crippen LogP) is 1.72. The van der Waals surface area contributed by atoms with Crippen molar-refractivity contribution in [2.75, 3.05) is 44.2 Å². The van der Waals surface area contributed by atoms with Crippen molar-refractivity contribution >= 4 is 29.5 Å². The van der Waals surface area contributed by atoms with Gasteiger partial charge in [-0.2, -0.15) is 0 Å². The average molecular weight is 385 g/mol. The Hall–Kier alpha value is -2.48. The first-order chi connectivity index (χ1) is 13.2. The van der Waals surface area contributed by atoms with Gasteiger partial charge in [-0.3, -0.25) is 9.59 Å². The summed E-state index contributed by atoms with van der Waals surface area (Å²) in [5, 5.41) is 10.8. The molecule has 0 aliphatic carbocycles. The zero-order valence-electron chi connectivity index (χ0n) is 15.2. The van der Waals surface area contributed by atoms with Gasteiger partial charge in [0.1, 0.15) is 5.69 Å². The van der Waals surface area contributed by atoms with Crippen LogP contribution < -0.4 is 4.90 Å². The van der Waals surface area contributed by atoms with E-state index in [2.05, 4.69) is 15.1 Å². The summed E-state index contributed by atoms with van der Waals surface area (Å²) in [4.78, 5) is 30.6. The van der Waals surface area contributed by atoms with Crippen molar-refractivity contribution in [2.24, 2.45) is 5.92 Å². The van der Waals surface area contributed by atoms with Crippen LogP contribution in [0, 0.1) is 5.92 Å². The highest BCUT2D eigenvalue weighted by Crippen LogP contribution is 2.26. The normalized spacial score (nSPS) is 20.6. The lowest BCUT2D eigenvalue weighted by Crippen LogP contribution is -2.52. The van der Waals surface area contributed by atoms with Crippen molar-refractivity contribution < 1.29 is 9.59 Å². The van der Waals surface area contributed by atoms with Crippen molar-refractivity contribution in [2.45, 2.75) is 12.8 Å². The largest absolute Gasteiger partial charge is 0.354 e. The fraction of sp³-hybridized carbons (Fsp3) is 0.474. The first-order valence-corrected chi connectivity index (χ1v) is 10.2. The third-order valence-electron chi connectivity index (χ3n) is 5.29. The van der Waals surface area contributed by atoms with Gasteiger partial charge in [0.05, 0.1) is 10.8 Å². The van der Waals surface area contributed by atoms with E-state index in [1.54, 1.807) is 16.2 Å². The molecule has 0 saturated carbocycles. The maximum absolute atomic E-state index is 12.9. The topological polar surface area (TPSA) is 69.6 Å². The van der Waals surface area contributed by atoms with Gasteiger partial charge in [0.15, 0.2) is 5.82 Å². The van der Waals surface area contributed by atoms with Crippen LogP contribution in [0.5, 0.6) is 0 Å². The van der Waals surface area contributed by atoms with E-state index in [9.17, 15) is 9.59 Å². The minimum absolute atomic E-state index is 0.0136. The van der Waals surface area contributed by atoms with Gasteiger partial charge in [0, 0.05) is 39.3 Å². The van der Waals surface area contributed by atoms with Crippen LogP contribution in [0.1, 0.15) is 12.8 Å². The molecule has 142 valence electrons. The number of piperidine rings is 1. The Morgan fingerprint density at radius 1 is 1.11 bits per heavy atom. The molecule has 2 aromatic rings. The number of anilines is 1. The van der Waals surface area contributed by atoms with Gasteiger partial charge in [0.25, 0.3) is 0 Å². The molecule has 0 N–H and O–H groups in total. The van der Waals surface area contributed by atoms with Gasteiger partial charge >= 0.3 is 0 Å². The number of rotatable bonds is 4. The minimum Gasteiger partial charge on any atom is -0.354 e. The summed E-state index contributed by atoms with van der Waals surface area (Å²) < 4.78 is 0. The molecular weight excluding hydrogens is 362 g/mol. The zero-order valence-corrected chi connectivity index (χ0v) is 16.0. The first kappa shape index (κ1) is 17.9. The van der Waals surface area contributed by atoms with Crippen LogP contribution in [-0.2, 0) is 9.59 Å². The maximum Gasteiger partial charge on any atom is 0.227 e. The van der Waals surface area contributed by atoms with Crippen LogP contribution in [0.2, 0.25) is 0 Å². The van der Waals surface area contributed by atoms with Gasteiger partial charge in [-0.05, 0) is 36.4 Å². The lowest BCUT2D eigenvalue weighted by molar-refractivity contribution is -0.139. The molecule has 8 heteroatoms. The summed E-state index contributed by atoms with van der Waals surface area (Å²) in [6.07, 6.45) is 2.74. The number of thiophene rings is 1. The molecule has 0 bridgehead atoms. The van der Waals surface area contributed by atoms with Gasteiger partial charge in [-0.15, -0.1) is 21.5 Å². The molecule has 4 heterocycles. The number of piperazine rings is 1. The summed E-state index contributed by atoms with van der Waals surface area (Å²) in [5.41, 5.74) is 0.881. The average Bonchev–Trinajstić information content (AvgIpc) is 3.28. The third kappa shape index (κ3) is 3.95. The van der Waals surface area contributed by atoms with Crippen molar-refractivity contribution in [3.05, 3.63) is 29.6 Å². The van der Waals surface area contributed by atoms with Crippen LogP contribution in [0.3, 0.4) is 0 Å². The Bertz CT molecular complexity index is 772. The minimum atomic E-state index is -0.0136. The molecule has 2 aliphatic rings. The van der Waals surface area contributed by atoms with Crippen LogP contribution in [-0.4, -0.2) is 71.6 Å². The molecule has 0 spiro atoms. The molecule has 2 saturated heterocycles. The molecule has 2 aliphatic heterocycles. The van der Waals surface area contributed by atoms with Crippen LogP contribution in [0.4, 0.5) is 5.82 Å². The van der Waals surface area contributed by atoms with E-state index in [1.807, 2.05) is 34.5 Å². The summed E-state index contributed by atoms with van der Waals surface area (Å²) in [7, 11) is 0. The first-order valence-electron chi connectivity index (χ1n) is 9.35. The van der Waals surface area contributed by atoms with Crippen molar-refractivity contribution in [1.29, 1.82) is 0 Å². The van der Waals surface area contributed by atoms with E-state index in [0.29, 0.717) is 32.7 Å². The van der Waals surface area contributed by atoms with Crippen LogP contribution in [0.15, 0.2) is 29.6 Å². The molecule has 0 aromatic carbocycles. The van der Waals surface area contributed by atoms with Crippen LogP contribution in [0.25, 0.3) is 10.6 Å². The number of amides is 2. The van der Waals surface area contributed by atoms with E-state index in [-0.39, 0.29) is 11.8 Å². The maximum atomic E-state index is 12.9. The van der Waals surface area contributed by atoms with E-state index in [1.165, 1.54) is 0 Å². The lowest BCUT2D eigenvalue weighted by Gasteiger charge is -2.38. The van der Waals surface area contributed by atoms with Crippen molar-refractivity contribution in [3.8, 4) is 10.6 Å². The van der Waals surface area contributed by atoms with Gasteiger partial charge < -0.3 is 14.7 Å². The zero-order chi connectivity index (χ0) is 18.6. The van der Waals surface area contributed by atoms with Crippen molar-refractivity contribution in [3.63, 3.8) is 0 Å². The second-order valence-electron chi connectivity index (χ2n) is 7.01. The molecule has 0 radical (unpaired) electrons. The van der Waals surface area contributed by atoms with E-state index >= 15 is 0 Å². The Kier molecular flexibility index (Phi) is 5.33. The number of carbonyl (C=O) groups excluding carboxylic acids is 2. The lowest BCUT2D eigenvalue weighted by atomic mass is 9.96. The number of aromatic nitrogens is 2. The summed E-state index contributed by atoms with van der Waals surface area (Å²) >= 11 is 1.65. The van der Waals surface area contributed by atoms with E-state index < -0.39 is 0 Å². The number of carbonyl (C=O) groups is 2. The Morgan fingerprint density at radius 3 is 2.63 bits per heavy atom. The molecular formula is C19H23N5O2S. The predicted molar refractivity (Wildman–Crippen MR) is 104 cm³/mol. The Balaban J connectivity index is 1.39. The second-order valence-corrected chi connectivity index (χ2v) is 7.95. The van der Waals surface area contributed by atoms with Crippen LogP contribution >= 0.6 is 11.3 Å². The number of nitrogens with zero attached hydrogens (tertiary/aromatic N) is 5. The highest BCUT2D eigenvalue weighted by molar-refractivity contribution is 7.13. The molecule has 27 heavy (non-hydrogen) atoms. The van der Waals surface area contributed by atoms with Gasteiger partial charge in [-0.1, -0.05) is 6.07 Å².